The molecule has 6 heteroatoms. The molecule has 0 aliphatic carbocycles. The van der Waals surface area contributed by atoms with Crippen LogP contribution in [0.4, 0.5) is 0 Å². The van der Waals surface area contributed by atoms with Crippen LogP contribution >= 0.6 is 12.2 Å². The van der Waals surface area contributed by atoms with Gasteiger partial charge in [0.05, 0.1) is 13.2 Å². The first-order valence-corrected chi connectivity index (χ1v) is 10.2. The molecule has 0 radical (unpaired) electrons. The number of ether oxygens (including phenoxy) is 1. The highest BCUT2D eigenvalue weighted by Gasteiger charge is 2.14. The highest BCUT2D eigenvalue weighted by Crippen LogP contribution is 2.16. The van der Waals surface area contributed by atoms with Gasteiger partial charge in [-0.15, -0.1) is 0 Å². The molecule has 0 saturated heterocycles. The maximum Gasteiger partial charge on any atom is 0.253 e. The van der Waals surface area contributed by atoms with Gasteiger partial charge < -0.3 is 19.9 Å². The second-order valence-electron chi connectivity index (χ2n) is 6.97. The summed E-state index contributed by atoms with van der Waals surface area (Å²) in [7, 11) is 1.66. The van der Waals surface area contributed by atoms with E-state index in [1.807, 2.05) is 35.2 Å². The lowest BCUT2D eigenvalue weighted by atomic mass is 10.1. The first-order chi connectivity index (χ1) is 14.1. The molecule has 0 spiro atoms. The molecule has 0 bridgehead atoms. The molecule has 5 nitrogen and oxygen atoms in total. The van der Waals surface area contributed by atoms with Crippen LogP contribution in [0.2, 0.25) is 0 Å². The van der Waals surface area contributed by atoms with E-state index in [-0.39, 0.29) is 5.56 Å². The number of rotatable bonds is 8. The monoisotopic (exact) mass is 409 g/mol. The van der Waals surface area contributed by atoms with E-state index < -0.39 is 0 Å². The molecule has 2 aromatic carbocycles. The molecule has 0 fully saturated rings. The van der Waals surface area contributed by atoms with Gasteiger partial charge in [-0.25, -0.2) is 0 Å². The summed E-state index contributed by atoms with van der Waals surface area (Å²) in [5.74, 6) is 0. The normalized spacial score (nSPS) is 10.8. The molecule has 3 rings (SSSR count). The van der Waals surface area contributed by atoms with Crippen LogP contribution in [-0.2, 0) is 24.2 Å². The molecule has 152 valence electrons. The van der Waals surface area contributed by atoms with Crippen molar-refractivity contribution in [3.05, 3.63) is 81.6 Å². The zero-order valence-electron chi connectivity index (χ0n) is 16.9. The van der Waals surface area contributed by atoms with E-state index in [4.69, 9.17) is 17.0 Å². The Morgan fingerprint density at radius 3 is 2.62 bits per heavy atom. The molecular weight excluding hydrogens is 382 g/mol. The Hall–Kier alpha value is -2.70. The van der Waals surface area contributed by atoms with Crippen LogP contribution in [0.5, 0.6) is 0 Å². The maximum absolute atomic E-state index is 12.7. The third kappa shape index (κ3) is 5.65. The summed E-state index contributed by atoms with van der Waals surface area (Å²) < 4.78 is 5.10. The minimum absolute atomic E-state index is 0.0838. The number of aromatic amines is 1. The highest BCUT2D eigenvalue weighted by molar-refractivity contribution is 7.80. The second kappa shape index (κ2) is 10.2. The first kappa shape index (κ1) is 21.0. The summed E-state index contributed by atoms with van der Waals surface area (Å²) >= 11 is 5.61. The van der Waals surface area contributed by atoms with Crippen molar-refractivity contribution in [3.63, 3.8) is 0 Å². The summed E-state index contributed by atoms with van der Waals surface area (Å²) in [6.45, 7) is 4.35. The number of nitrogens with one attached hydrogen (secondary N) is 2. The number of pyridine rings is 1. The number of methoxy groups -OCH3 is 1. The predicted octanol–water partition coefficient (Wildman–Crippen LogP) is 3.61. The molecule has 3 aromatic rings. The number of aryl methyl sites for hydroxylation is 1. The highest BCUT2D eigenvalue weighted by atomic mass is 32.1. The molecule has 1 heterocycles. The van der Waals surface area contributed by atoms with Crippen LogP contribution in [0.25, 0.3) is 10.9 Å². The van der Waals surface area contributed by atoms with Crippen molar-refractivity contribution in [3.8, 4) is 0 Å². The van der Waals surface area contributed by atoms with Crippen LogP contribution in [0, 0.1) is 0 Å². The van der Waals surface area contributed by atoms with Gasteiger partial charge in [-0.3, -0.25) is 4.79 Å². The van der Waals surface area contributed by atoms with Crippen molar-refractivity contribution in [2.24, 2.45) is 0 Å². The molecule has 2 N–H and O–H groups in total. The van der Waals surface area contributed by atoms with E-state index in [0.29, 0.717) is 36.9 Å². The van der Waals surface area contributed by atoms with Crippen molar-refractivity contribution in [2.45, 2.75) is 26.4 Å². The largest absolute Gasteiger partial charge is 0.383 e. The van der Waals surface area contributed by atoms with Gasteiger partial charge in [0.1, 0.15) is 0 Å². The SMILES string of the molecule is CCc1ccc2[nH]c(=O)c(CN(Cc3ccccc3)C(=S)NCCOC)cc2c1. The number of fused-ring (bicyclic) bond motifs is 1. The van der Waals surface area contributed by atoms with Crippen LogP contribution in [-0.4, -0.2) is 35.3 Å². The Bertz CT molecular complexity index is 1020. The van der Waals surface area contributed by atoms with Gasteiger partial charge in [-0.2, -0.15) is 0 Å². The molecule has 0 aliphatic rings. The standard InChI is InChI=1S/C23H27N3O2S/c1-3-17-9-10-21-19(13-17)14-20(22(27)25-21)16-26(23(29)24-11-12-28-2)15-18-7-5-4-6-8-18/h4-10,13-14H,3,11-12,15-16H2,1-2H3,(H,24,29)(H,25,27). The molecule has 29 heavy (non-hydrogen) atoms. The van der Waals surface area contributed by atoms with E-state index >= 15 is 0 Å². The molecule has 0 amide bonds. The lowest BCUT2D eigenvalue weighted by molar-refractivity contribution is 0.202. The van der Waals surface area contributed by atoms with Gasteiger partial charge in [0.25, 0.3) is 5.56 Å². The number of thiocarbonyl (C=S) groups is 1. The van der Waals surface area contributed by atoms with Gasteiger partial charge in [-0.05, 0) is 53.4 Å². The Kier molecular flexibility index (Phi) is 7.38. The van der Waals surface area contributed by atoms with Gasteiger partial charge in [0, 0.05) is 31.3 Å². The number of benzene rings is 2. The Balaban J connectivity index is 1.88. The molecule has 0 atom stereocenters. The zero-order chi connectivity index (χ0) is 20.6. The molecular formula is C23H27N3O2S. The van der Waals surface area contributed by atoms with Crippen molar-refractivity contribution < 1.29 is 4.74 Å². The van der Waals surface area contributed by atoms with Crippen LogP contribution < -0.4 is 10.9 Å². The summed E-state index contributed by atoms with van der Waals surface area (Å²) in [6.07, 6.45) is 0.956. The fourth-order valence-corrected chi connectivity index (χ4v) is 3.45. The van der Waals surface area contributed by atoms with Crippen molar-refractivity contribution >= 4 is 28.2 Å². The van der Waals surface area contributed by atoms with Crippen LogP contribution in [0.3, 0.4) is 0 Å². The van der Waals surface area contributed by atoms with Gasteiger partial charge in [0.15, 0.2) is 5.11 Å². The minimum Gasteiger partial charge on any atom is -0.383 e. The van der Waals surface area contributed by atoms with E-state index in [1.54, 1.807) is 7.11 Å². The number of H-pyrrole nitrogens is 1. The first-order valence-electron chi connectivity index (χ1n) is 9.81. The molecule has 0 unspecified atom stereocenters. The number of hydrogen-bond acceptors (Lipinski definition) is 3. The summed E-state index contributed by atoms with van der Waals surface area (Å²) in [6, 6.07) is 18.2. The summed E-state index contributed by atoms with van der Waals surface area (Å²) in [4.78, 5) is 17.7. The Morgan fingerprint density at radius 1 is 1.10 bits per heavy atom. The van der Waals surface area contributed by atoms with E-state index in [9.17, 15) is 4.79 Å². The lowest BCUT2D eigenvalue weighted by Crippen LogP contribution is -2.41. The average Bonchev–Trinajstić information content (AvgIpc) is 2.74. The maximum atomic E-state index is 12.7. The van der Waals surface area contributed by atoms with Gasteiger partial charge in [-0.1, -0.05) is 43.3 Å². The Morgan fingerprint density at radius 2 is 1.90 bits per heavy atom. The summed E-state index contributed by atoms with van der Waals surface area (Å²) in [5.41, 5.74) is 3.84. The quantitative estimate of drug-likeness (QED) is 0.440. The topological polar surface area (TPSA) is 57.4 Å². The zero-order valence-corrected chi connectivity index (χ0v) is 17.7. The van der Waals surface area contributed by atoms with E-state index in [2.05, 4.69) is 41.5 Å². The minimum atomic E-state index is -0.0838. The third-order valence-electron chi connectivity index (χ3n) is 4.84. The molecule has 0 saturated carbocycles. The van der Waals surface area contributed by atoms with E-state index in [1.165, 1.54) is 5.56 Å². The van der Waals surface area contributed by atoms with Gasteiger partial charge >= 0.3 is 0 Å². The molecule has 1 aromatic heterocycles. The third-order valence-corrected chi connectivity index (χ3v) is 5.24. The predicted molar refractivity (Wildman–Crippen MR) is 122 cm³/mol. The number of aromatic nitrogens is 1. The fraction of sp³-hybridized carbons (Fsp3) is 0.304. The van der Waals surface area contributed by atoms with E-state index in [0.717, 1.165) is 22.9 Å². The van der Waals surface area contributed by atoms with Crippen molar-refractivity contribution in [2.75, 3.05) is 20.3 Å². The lowest BCUT2D eigenvalue weighted by Gasteiger charge is -2.26. The second-order valence-corrected chi connectivity index (χ2v) is 7.35. The summed E-state index contributed by atoms with van der Waals surface area (Å²) in [5, 5.41) is 4.86. The average molecular weight is 410 g/mol. The van der Waals surface area contributed by atoms with Crippen LogP contribution in [0.15, 0.2) is 59.4 Å². The van der Waals surface area contributed by atoms with Crippen molar-refractivity contribution in [1.29, 1.82) is 0 Å². The van der Waals surface area contributed by atoms with Gasteiger partial charge in [0.2, 0.25) is 0 Å². The number of hydrogen-bond donors (Lipinski definition) is 2. The number of nitrogens with zero attached hydrogens (tertiary/aromatic N) is 1. The van der Waals surface area contributed by atoms with Crippen molar-refractivity contribution in [1.82, 2.24) is 15.2 Å². The Labute approximate surface area is 176 Å². The smallest absolute Gasteiger partial charge is 0.253 e. The van der Waals surface area contributed by atoms with Crippen LogP contribution in [0.1, 0.15) is 23.6 Å². The molecule has 0 aliphatic heterocycles. The fourth-order valence-electron chi connectivity index (χ4n) is 3.22.